The van der Waals surface area contributed by atoms with Crippen molar-refractivity contribution in [3.05, 3.63) is 29.8 Å². The molecule has 0 saturated carbocycles. The molecule has 0 fully saturated rings. The molecule has 98 valence electrons. The van der Waals surface area contributed by atoms with Gasteiger partial charge in [-0.1, -0.05) is 12.1 Å². The number of rotatable bonds is 6. The van der Waals surface area contributed by atoms with Crippen LogP contribution in [0.25, 0.3) is 0 Å². The molecule has 6 nitrogen and oxygen atoms in total. The van der Waals surface area contributed by atoms with Crippen LogP contribution in [0, 0.1) is 0 Å². The third kappa shape index (κ3) is 3.46. The molecule has 1 rings (SSSR count). The maximum absolute atomic E-state index is 11.6. The number of hydrogen-bond acceptors (Lipinski definition) is 5. The normalized spacial score (nSPS) is 9.89. The van der Waals surface area contributed by atoms with E-state index in [-0.39, 0.29) is 6.54 Å². The second kappa shape index (κ2) is 6.61. The van der Waals surface area contributed by atoms with Crippen LogP contribution in [-0.2, 0) is 9.53 Å². The summed E-state index contributed by atoms with van der Waals surface area (Å²) in [5, 5.41) is 8.86. The molecule has 0 saturated heterocycles. The van der Waals surface area contributed by atoms with Gasteiger partial charge >= 0.3 is 11.9 Å². The molecule has 18 heavy (non-hydrogen) atoms. The maximum Gasteiger partial charge on any atom is 0.339 e. The van der Waals surface area contributed by atoms with Gasteiger partial charge in [-0.3, -0.25) is 4.79 Å². The van der Waals surface area contributed by atoms with E-state index in [0.717, 1.165) is 0 Å². The maximum atomic E-state index is 11.6. The summed E-state index contributed by atoms with van der Waals surface area (Å²) in [5.41, 5.74) is 6.29. The number of anilines is 1. The molecule has 0 aliphatic carbocycles. The topological polar surface area (TPSA) is 92.9 Å². The van der Waals surface area contributed by atoms with Crippen molar-refractivity contribution >= 4 is 17.6 Å². The molecule has 3 N–H and O–H groups in total. The number of benzene rings is 1. The summed E-state index contributed by atoms with van der Waals surface area (Å²) < 4.78 is 4.67. The van der Waals surface area contributed by atoms with Gasteiger partial charge < -0.3 is 20.5 Å². The Hall–Kier alpha value is -2.08. The Morgan fingerprint density at radius 1 is 1.39 bits per heavy atom. The largest absolute Gasteiger partial charge is 0.480 e. The number of carboxylic acid groups (broad SMARTS) is 1. The molecule has 1 aromatic carbocycles. The van der Waals surface area contributed by atoms with Crippen LogP contribution in [0.4, 0.5) is 5.69 Å². The minimum absolute atomic E-state index is 0.217. The van der Waals surface area contributed by atoms with Gasteiger partial charge in [0.2, 0.25) is 0 Å². The standard InChI is InChI=1S/C12H16N2O4/c1-18-12(17)9-4-2-3-5-10(9)14(7-6-13)8-11(15)16/h2-5H,6-8,13H2,1H3,(H,15,16). The lowest BCUT2D eigenvalue weighted by atomic mass is 10.1. The van der Waals surface area contributed by atoms with E-state index < -0.39 is 11.9 Å². The highest BCUT2D eigenvalue weighted by Gasteiger charge is 2.17. The van der Waals surface area contributed by atoms with Crippen molar-refractivity contribution in [2.24, 2.45) is 5.73 Å². The number of methoxy groups -OCH3 is 1. The number of carbonyl (C=O) groups is 2. The van der Waals surface area contributed by atoms with Crippen molar-refractivity contribution < 1.29 is 19.4 Å². The number of hydrogen-bond donors (Lipinski definition) is 2. The number of nitrogens with zero attached hydrogens (tertiary/aromatic N) is 1. The zero-order valence-electron chi connectivity index (χ0n) is 10.1. The number of aliphatic carboxylic acids is 1. The van der Waals surface area contributed by atoms with Crippen LogP contribution in [0.2, 0.25) is 0 Å². The van der Waals surface area contributed by atoms with Crippen molar-refractivity contribution in [2.45, 2.75) is 0 Å². The molecule has 0 atom stereocenters. The monoisotopic (exact) mass is 252 g/mol. The summed E-state index contributed by atoms with van der Waals surface area (Å²) in [6.07, 6.45) is 0. The van der Waals surface area contributed by atoms with Crippen molar-refractivity contribution in [2.75, 3.05) is 31.6 Å². The Balaban J connectivity index is 3.10. The summed E-state index contributed by atoms with van der Waals surface area (Å²) >= 11 is 0. The molecule has 0 aromatic heterocycles. The fourth-order valence-electron chi connectivity index (χ4n) is 1.64. The smallest absolute Gasteiger partial charge is 0.339 e. The molecular weight excluding hydrogens is 236 g/mol. The molecule has 0 spiro atoms. The molecule has 0 bridgehead atoms. The van der Waals surface area contributed by atoms with E-state index in [0.29, 0.717) is 24.3 Å². The quantitative estimate of drug-likeness (QED) is 0.708. The average Bonchev–Trinajstić information content (AvgIpc) is 2.37. The molecule has 0 heterocycles. The van der Waals surface area contributed by atoms with E-state index in [1.807, 2.05) is 0 Å². The zero-order valence-corrected chi connectivity index (χ0v) is 10.1. The Bertz CT molecular complexity index is 434. The van der Waals surface area contributed by atoms with Gasteiger partial charge in [-0.05, 0) is 12.1 Å². The molecule has 1 aromatic rings. The first-order chi connectivity index (χ1) is 8.60. The van der Waals surface area contributed by atoms with Crippen LogP contribution in [0.3, 0.4) is 0 Å². The highest BCUT2D eigenvalue weighted by atomic mass is 16.5. The van der Waals surface area contributed by atoms with Gasteiger partial charge in [-0.15, -0.1) is 0 Å². The molecule has 0 radical (unpaired) electrons. The first kappa shape index (κ1) is 14.0. The third-order valence-electron chi connectivity index (χ3n) is 2.38. The minimum atomic E-state index is -0.983. The number of para-hydroxylation sites is 1. The lowest BCUT2D eigenvalue weighted by molar-refractivity contribution is -0.135. The van der Waals surface area contributed by atoms with Crippen LogP contribution in [0.1, 0.15) is 10.4 Å². The second-order valence-electron chi connectivity index (χ2n) is 3.61. The van der Waals surface area contributed by atoms with Crippen molar-refractivity contribution in [3.63, 3.8) is 0 Å². The van der Waals surface area contributed by atoms with Crippen molar-refractivity contribution in [1.82, 2.24) is 0 Å². The zero-order chi connectivity index (χ0) is 13.5. The van der Waals surface area contributed by atoms with Crippen molar-refractivity contribution in [3.8, 4) is 0 Å². The van der Waals surface area contributed by atoms with E-state index in [1.165, 1.54) is 12.0 Å². The lowest BCUT2D eigenvalue weighted by Gasteiger charge is -2.23. The molecule has 0 aliphatic heterocycles. The van der Waals surface area contributed by atoms with E-state index in [2.05, 4.69) is 4.74 Å². The fraction of sp³-hybridized carbons (Fsp3) is 0.333. The summed E-state index contributed by atoms with van der Waals surface area (Å²) in [7, 11) is 1.28. The predicted molar refractivity (Wildman–Crippen MR) is 66.7 cm³/mol. The second-order valence-corrected chi connectivity index (χ2v) is 3.61. The summed E-state index contributed by atoms with van der Waals surface area (Å²) in [5.74, 6) is -1.49. The predicted octanol–water partition coefficient (Wildman–Crippen LogP) is 0.323. The highest BCUT2D eigenvalue weighted by Crippen LogP contribution is 2.20. The van der Waals surface area contributed by atoms with Crippen LogP contribution in [0.5, 0.6) is 0 Å². The molecule has 6 heteroatoms. The van der Waals surface area contributed by atoms with E-state index in [9.17, 15) is 9.59 Å². The van der Waals surface area contributed by atoms with Gasteiger partial charge in [0.25, 0.3) is 0 Å². The summed E-state index contributed by atoms with van der Waals surface area (Å²) in [6.45, 7) is 0.425. The summed E-state index contributed by atoms with van der Waals surface area (Å²) in [6, 6.07) is 6.68. The van der Waals surface area contributed by atoms with Gasteiger partial charge in [-0.2, -0.15) is 0 Å². The van der Waals surface area contributed by atoms with Crippen LogP contribution in [0.15, 0.2) is 24.3 Å². The molecule has 0 amide bonds. The van der Waals surface area contributed by atoms with E-state index >= 15 is 0 Å². The Labute approximate surface area is 105 Å². The van der Waals surface area contributed by atoms with E-state index in [4.69, 9.17) is 10.8 Å². The molecule has 0 unspecified atom stereocenters. The van der Waals surface area contributed by atoms with Crippen LogP contribution in [-0.4, -0.2) is 43.8 Å². The van der Waals surface area contributed by atoms with Crippen LogP contribution < -0.4 is 10.6 Å². The SMILES string of the molecule is COC(=O)c1ccccc1N(CCN)CC(=O)O. The Kier molecular flexibility index (Phi) is 5.13. The van der Waals surface area contributed by atoms with Crippen molar-refractivity contribution in [1.29, 1.82) is 0 Å². The minimum Gasteiger partial charge on any atom is -0.480 e. The highest BCUT2D eigenvalue weighted by molar-refractivity contribution is 5.96. The average molecular weight is 252 g/mol. The van der Waals surface area contributed by atoms with Gasteiger partial charge in [0.1, 0.15) is 6.54 Å². The van der Waals surface area contributed by atoms with E-state index in [1.54, 1.807) is 24.3 Å². The summed E-state index contributed by atoms with van der Waals surface area (Å²) in [4.78, 5) is 23.9. The first-order valence-electron chi connectivity index (χ1n) is 5.44. The van der Waals surface area contributed by atoms with Gasteiger partial charge in [-0.25, -0.2) is 4.79 Å². The fourth-order valence-corrected chi connectivity index (χ4v) is 1.64. The molecule has 0 aliphatic rings. The lowest BCUT2D eigenvalue weighted by Crippen LogP contribution is -2.35. The third-order valence-corrected chi connectivity index (χ3v) is 2.38. The molecular formula is C12H16N2O4. The van der Waals surface area contributed by atoms with Crippen LogP contribution >= 0.6 is 0 Å². The number of esters is 1. The van der Waals surface area contributed by atoms with Gasteiger partial charge in [0.05, 0.1) is 18.4 Å². The number of ether oxygens (including phenoxy) is 1. The van der Waals surface area contributed by atoms with Gasteiger partial charge in [0.15, 0.2) is 0 Å². The number of nitrogens with two attached hydrogens (primary N) is 1. The first-order valence-corrected chi connectivity index (χ1v) is 5.44. The Morgan fingerprint density at radius 2 is 2.06 bits per heavy atom. The number of carboxylic acids is 1. The Morgan fingerprint density at radius 3 is 2.61 bits per heavy atom. The number of carbonyl (C=O) groups excluding carboxylic acids is 1. The van der Waals surface area contributed by atoms with Gasteiger partial charge in [0, 0.05) is 13.1 Å².